The molecule has 1 amide bonds. The van der Waals surface area contributed by atoms with E-state index in [-0.39, 0.29) is 32.6 Å². The third kappa shape index (κ3) is 4.24. The van der Waals surface area contributed by atoms with Gasteiger partial charge in [0.1, 0.15) is 11.6 Å². The summed E-state index contributed by atoms with van der Waals surface area (Å²) in [4.78, 5) is 32.7. The van der Waals surface area contributed by atoms with Gasteiger partial charge in [0.15, 0.2) is 11.5 Å². The maximum Gasteiger partial charge on any atom is 0.324 e. The van der Waals surface area contributed by atoms with E-state index < -0.39 is 16.6 Å². The lowest BCUT2D eigenvalue weighted by molar-refractivity contribution is -0.380. The summed E-state index contributed by atoms with van der Waals surface area (Å²) in [5, 5.41) is 18.8. The van der Waals surface area contributed by atoms with E-state index in [1.165, 1.54) is 36.8 Å². The molecule has 0 bridgehead atoms. The van der Waals surface area contributed by atoms with Crippen molar-refractivity contribution in [3.8, 4) is 11.4 Å². The van der Waals surface area contributed by atoms with Gasteiger partial charge in [0.05, 0.1) is 32.4 Å². The van der Waals surface area contributed by atoms with Crippen LogP contribution in [0.15, 0.2) is 36.5 Å². The maximum absolute atomic E-state index is 13.6. The number of anilines is 1. The predicted molar refractivity (Wildman–Crippen MR) is 127 cm³/mol. The number of hydrogen-bond acceptors (Lipinski definition) is 7. The van der Waals surface area contributed by atoms with E-state index in [1.807, 2.05) is 4.68 Å². The van der Waals surface area contributed by atoms with Crippen LogP contribution in [0, 0.1) is 15.9 Å². The number of thiophene rings is 1. The molecule has 1 aliphatic rings. The number of fused-ring (bicyclic) bond motifs is 1. The molecule has 1 saturated carbocycles. The monoisotopic (exact) mass is 500 g/mol. The van der Waals surface area contributed by atoms with Crippen LogP contribution in [0.5, 0.6) is 0 Å². The number of benzene rings is 1. The van der Waals surface area contributed by atoms with Crippen LogP contribution in [-0.2, 0) is 0 Å². The molecule has 0 radical (unpaired) electrons. The molecule has 34 heavy (non-hydrogen) atoms. The zero-order valence-electron chi connectivity index (χ0n) is 17.7. The Morgan fingerprint density at radius 2 is 2.00 bits per heavy atom. The maximum atomic E-state index is 13.6. The molecule has 0 spiro atoms. The number of nitro groups is 1. The second kappa shape index (κ2) is 9.07. The molecule has 0 aliphatic heterocycles. The van der Waals surface area contributed by atoms with Gasteiger partial charge in [0.2, 0.25) is 0 Å². The first kappa shape index (κ1) is 22.4. The third-order valence-corrected chi connectivity index (χ3v) is 7.12. The molecule has 1 N–H and O–H groups in total. The summed E-state index contributed by atoms with van der Waals surface area (Å²) >= 11 is 7.04. The highest BCUT2D eigenvalue weighted by atomic mass is 35.5. The summed E-state index contributed by atoms with van der Waals surface area (Å²) in [7, 11) is 0. The Bertz CT molecular complexity index is 1420. The van der Waals surface area contributed by atoms with Crippen molar-refractivity contribution in [1.82, 2.24) is 19.7 Å². The fourth-order valence-electron chi connectivity index (χ4n) is 4.12. The van der Waals surface area contributed by atoms with Gasteiger partial charge in [0.25, 0.3) is 5.91 Å². The van der Waals surface area contributed by atoms with Gasteiger partial charge in [-0.15, -0.1) is 0 Å². The normalized spacial score (nSPS) is 14.4. The molecule has 9 nitrogen and oxygen atoms in total. The van der Waals surface area contributed by atoms with Crippen LogP contribution in [0.1, 0.15) is 47.8 Å². The van der Waals surface area contributed by atoms with Gasteiger partial charge in [0, 0.05) is 11.6 Å². The molecule has 3 aromatic heterocycles. The van der Waals surface area contributed by atoms with Crippen molar-refractivity contribution in [2.45, 2.75) is 38.1 Å². The van der Waals surface area contributed by atoms with Crippen molar-refractivity contribution < 1.29 is 14.1 Å². The number of nitrogens with one attached hydrogen (secondary N) is 1. The summed E-state index contributed by atoms with van der Waals surface area (Å²) in [6, 6.07) is 6.75. The molecule has 5 rings (SSSR count). The van der Waals surface area contributed by atoms with Crippen LogP contribution >= 0.6 is 22.9 Å². The molecular weight excluding hydrogens is 483 g/mol. The van der Waals surface area contributed by atoms with Crippen molar-refractivity contribution in [2.24, 2.45) is 0 Å². The molecule has 12 heteroatoms. The van der Waals surface area contributed by atoms with Crippen molar-refractivity contribution in [1.29, 1.82) is 0 Å². The second-order valence-electron chi connectivity index (χ2n) is 7.99. The van der Waals surface area contributed by atoms with Crippen LogP contribution in [0.25, 0.3) is 22.4 Å². The standard InChI is InChI=1S/C22H18ClFN6O3S/c23-16-10-12(24)6-7-14(16)19-26-20(28-22(31)17-8-9-18(34-17)30(32)33)15-11-25-29(21(15)27-19)13-4-2-1-3-5-13/h6-11,13H,1-5H2,(H,26,27,28,31). The molecular formula is C22H18ClFN6O3S. The summed E-state index contributed by atoms with van der Waals surface area (Å²) in [6.45, 7) is 0. The Kier molecular flexibility index (Phi) is 5.96. The number of hydrogen-bond donors (Lipinski definition) is 1. The number of halogens is 2. The van der Waals surface area contributed by atoms with Gasteiger partial charge in [-0.3, -0.25) is 14.9 Å². The Morgan fingerprint density at radius 1 is 1.21 bits per heavy atom. The van der Waals surface area contributed by atoms with Gasteiger partial charge in [-0.25, -0.2) is 19.0 Å². The smallest absolute Gasteiger partial charge is 0.305 e. The van der Waals surface area contributed by atoms with Crippen LogP contribution < -0.4 is 5.32 Å². The molecule has 0 atom stereocenters. The van der Waals surface area contributed by atoms with Crippen molar-refractivity contribution in [3.63, 3.8) is 0 Å². The average molecular weight is 501 g/mol. The number of aromatic nitrogens is 4. The number of rotatable bonds is 5. The lowest BCUT2D eigenvalue weighted by atomic mass is 9.96. The lowest BCUT2D eigenvalue weighted by Crippen LogP contribution is -2.16. The zero-order chi connectivity index (χ0) is 23.8. The largest absolute Gasteiger partial charge is 0.324 e. The third-order valence-electron chi connectivity index (χ3n) is 5.77. The van der Waals surface area contributed by atoms with Gasteiger partial charge in [-0.1, -0.05) is 42.2 Å². The SMILES string of the molecule is O=C(Nc1nc(-c2ccc(F)cc2Cl)nc2c1cnn2C1CCCCC1)c1ccc([N+](=O)[O-])s1. The summed E-state index contributed by atoms with van der Waals surface area (Å²) < 4.78 is 15.5. The van der Waals surface area contributed by atoms with Crippen molar-refractivity contribution in [2.75, 3.05) is 5.32 Å². The van der Waals surface area contributed by atoms with Crippen LogP contribution in [0.3, 0.4) is 0 Å². The predicted octanol–water partition coefficient (Wildman–Crippen LogP) is 6.01. The number of amides is 1. The van der Waals surface area contributed by atoms with E-state index in [4.69, 9.17) is 11.6 Å². The Labute approximate surface area is 201 Å². The highest BCUT2D eigenvalue weighted by molar-refractivity contribution is 7.17. The van der Waals surface area contributed by atoms with E-state index in [1.54, 1.807) is 6.20 Å². The highest BCUT2D eigenvalue weighted by Crippen LogP contribution is 2.34. The minimum atomic E-state index is -0.548. The Morgan fingerprint density at radius 3 is 2.71 bits per heavy atom. The van der Waals surface area contributed by atoms with Gasteiger partial charge >= 0.3 is 5.00 Å². The van der Waals surface area contributed by atoms with Crippen molar-refractivity contribution in [3.05, 3.63) is 62.4 Å². The van der Waals surface area contributed by atoms with E-state index in [9.17, 15) is 19.3 Å². The average Bonchev–Trinajstić information content (AvgIpc) is 3.48. The zero-order valence-corrected chi connectivity index (χ0v) is 19.3. The number of nitrogens with zero attached hydrogens (tertiary/aromatic N) is 5. The first-order valence-corrected chi connectivity index (χ1v) is 11.9. The van der Waals surface area contributed by atoms with Crippen LogP contribution in [0.4, 0.5) is 15.2 Å². The van der Waals surface area contributed by atoms with E-state index >= 15 is 0 Å². The van der Waals surface area contributed by atoms with Gasteiger partial charge < -0.3 is 5.32 Å². The van der Waals surface area contributed by atoms with Gasteiger partial charge in [-0.05, 0) is 37.1 Å². The second-order valence-corrected chi connectivity index (χ2v) is 9.46. The lowest BCUT2D eigenvalue weighted by Gasteiger charge is -2.22. The fourth-order valence-corrected chi connectivity index (χ4v) is 5.09. The number of carbonyl (C=O) groups excluding carboxylic acids is 1. The molecule has 1 fully saturated rings. The molecule has 1 aromatic carbocycles. The molecule has 4 aromatic rings. The van der Waals surface area contributed by atoms with Gasteiger partial charge in [-0.2, -0.15) is 5.10 Å². The topological polar surface area (TPSA) is 116 Å². The minimum absolute atomic E-state index is 0.134. The molecule has 174 valence electrons. The Hall–Kier alpha value is -3.44. The Balaban J connectivity index is 1.60. The molecule has 0 saturated heterocycles. The van der Waals surface area contributed by atoms with E-state index in [0.29, 0.717) is 16.6 Å². The first-order chi connectivity index (χ1) is 16.4. The summed E-state index contributed by atoms with van der Waals surface area (Å²) in [6.07, 6.45) is 6.90. The number of carbonyl (C=O) groups is 1. The summed E-state index contributed by atoms with van der Waals surface area (Å²) in [5.74, 6) is -0.624. The molecule has 0 unspecified atom stereocenters. The van der Waals surface area contributed by atoms with Crippen LogP contribution in [-0.4, -0.2) is 30.6 Å². The van der Waals surface area contributed by atoms with Crippen molar-refractivity contribution >= 4 is 50.7 Å². The van der Waals surface area contributed by atoms with E-state index in [0.717, 1.165) is 37.0 Å². The van der Waals surface area contributed by atoms with E-state index in [2.05, 4.69) is 20.4 Å². The van der Waals surface area contributed by atoms with Crippen LogP contribution in [0.2, 0.25) is 5.02 Å². The first-order valence-electron chi connectivity index (χ1n) is 10.7. The fraction of sp³-hybridized carbons (Fsp3) is 0.273. The minimum Gasteiger partial charge on any atom is -0.305 e. The molecule has 3 heterocycles. The summed E-state index contributed by atoms with van der Waals surface area (Å²) in [5.41, 5.74) is 0.938. The highest BCUT2D eigenvalue weighted by Gasteiger charge is 2.24. The molecule has 1 aliphatic carbocycles. The quantitative estimate of drug-likeness (QED) is 0.265.